The Hall–Kier alpha value is -1.32. The average molecular weight is 253 g/mol. The third-order valence-electron chi connectivity index (χ3n) is 2.16. The quantitative estimate of drug-likeness (QED) is 0.780. The summed E-state index contributed by atoms with van der Waals surface area (Å²) in [5, 5.41) is 2.46. The van der Waals surface area contributed by atoms with Gasteiger partial charge in [-0.3, -0.25) is 4.79 Å². The van der Waals surface area contributed by atoms with E-state index in [4.69, 9.17) is 16.3 Å². The van der Waals surface area contributed by atoms with Crippen molar-refractivity contribution in [2.45, 2.75) is 0 Å². The number of ether oxygens (including phenoxy) is 1. The number of rotatable bonds is 3. The van der Waals surface area contributed by atoms with E-state index in [0.717, 1.165) is 0 Å². The second-order valence-corrected chi connectivity index (χ2v) is 4.51. The summed E-state index contributed by atoms with van der Waals surface area (Å²) < 4.78 is 5.12. The van der Waals surface area contributed by atoms with Crippen molar-refractivity contribution < 1.29 is 9.53 Å². The predicted molar refractivity (Wildman–Crippen MR) is 65.8 cm³/mol. The largest absolute Gasteiger partial charge is 0.495 e. The number of carbonyl (C=O) groups excluding carboxylic acids is 1. The summed E-state index contributed by atoms with van der Waals surface area (Å²) in [6, 6.07) is 8.62. The van der Waals surface area contributed by atoms with Crippen LogP contribution in [0.1, 0.15) is 15.2 Å². The standard InChI is InChI=1S/C12H9ClO2S/c1-15-10-6-7-16-12(10)11(14)8-2-4-9(13)5-3-8/h2-7H,1H3. The van der Waals surface area contributed by atoms with Gasteiger partial charge in [-0.05, 0) is 35.7 Å². The minimum Gasteiger partial charge on any atom is -0.495 e. The molecule has 2 aromatic rings. The minimum absolute atomic E-state index is 0.0384. The molecule has 0 fully saturated rings. The maximum Gasteiger partial charge on any atom is 0.206 e. The molecule has 0 bridgehead atoms. The van der Waals surface area contributed by atoms with E-state index in [1.165, 1.54) is 11.3 Å². The fourth-order valence-electron chi connectivity index (χ4n) is 1.36. The Balaban J connectivity index is 2.35. The molecule has 1 aromatic carbocycles. The lowest BCUT2D eigenvalue weighted by Crippen LogP contribution is -2.00. The van der Waals surface area contributed by atoms with Gasteiger partial charge >= 0.3 is 0 Å². The van der Waals surface area contributed by atoms with Gasteiger partial charge in [-0.25, -0.2) is 0 Å². The summed E-state index contributed by atoms with van der Waals surface area (Å²) in [5.41, 5.74) is 0.616. The second kappa shape index (κ2) is 4.68. The normalized spacial score (nSPS) is 10.1. The highest BCUT2D eigenvalue weighted by atomic mass is 35.5. The van der Waals surface area contributed by atoms with Crippen LogP contribution in [0.25, 0.3) is 0 Å². The number of methoxy groups -OCH3 is 1. The molecule has 16 heavy (non-hydrogen) atoms. The Kier molecular flexibility index (Phi) is 3.27. The van der Waals surface area contributed by atoms with Crippen molar-refractivity contribution in [1.29, 1.82) is 0 Å². The van der Waals surface area contributed by atoms with Crippen LogP contribution in [0.3, 0.4) is 0 Å². The summed E-state index contributed by atoms with van der Waals surface area (Å²) in [6.07, 6.45) is 0. The Morgan fingerprint density at radius 2 is 1.94 bits per heavy atom. The molecule has 4 heteroatoms. The summed E-state index contributed by atoms with van der Waals surface area (Å²) in [6.45, 7) is 0. The Morgan fingerprint density at radius 3 is 2.56 bits per heavy atom. The highest BCUT2D eigenvalue weighted by Gasteiger charge is 2.15. The maximum absolute atomic E-state index is 12.1. The van der Waals surface area contributed by atoms with Crippen molar-refractivity contribution in [1.82, 2.24) is 0 Å². The fourth-order valence-corrected chi connectivity index (χ4v) is 2.30. The van der Waals surface area contributed by atoms with Gasteiger partial charge in [0.1, 0.15) is 10.6 Å². The van der Waals surface area contributed by atoms with Crippen LogP contribution in [-0.2, 0) is 0 Å². The number of hydrogen-bond acceptors (Lipinski definition) is 3. The van der Waals surface area contributed by atoms with Gasteiger partial charge in [-0.15, -0.1) is 11.3 Å². The molecule has 0 spiro atoms. The smallest absolute Gasteiger partial charge is 0.206 e. The zero-order chi connectivity index (χ0) is 11.5. The summed E-state index contributed by atoms with van der Waals surface area (Å²) in [5.74, 6) is 0.577. The molecule has 2 nitrogen and oxygen atoms in total. The highest BCUT2D eigenvalue weighted by molar-refractivity contribution is 7.12. The van der Waals surface area contributed by atoms with Crippen molar-refractivity contribution in [2.24, 2.45) is 0 Å². The average Bonchev–Trinajstić information content (AvgIpc) is 2.77. The van der Waals surface area contributed by atoms with Crippen LogP contribution in [0, 0.1) is 0 Å². The maximum atomic E-state index is 12.1. The molecule has 1 aromatic heterocycles. The third-order valence-corrected chi connectivity index (χ3v) is 3.31. The first kappa shape index (κ1) is 11.2. The van der Waals surface area contributed by atoms with Crippen LogP contribution in [0.15, 0.2) is 35.7 Å². The van der Waals surface area contributed by atoms with Crippen molar-refractivity contribution in [2.75, 3.05) is 7.11 Å². The molecule has 0 aliphatic heterocycles. The zero-order valence-corrected chi connectivity index (χ0v) is 10.1. The SMILES string of the molecule is COc1ccsc1C(=O)c1ccc(Cl)cc1. The Labute approximate surface area is 102 Å². The van der Waals surface area contributed by atoms with Crippen molar-refractivity contribution in [3.8, 4) is 5.75 Å². The van der Waals surface area contributed by atoms with E-state index in [1.54, 1.807) is 37.4 Å². The van der Waals surface area contributed by atoms with Gasteiger partial charge in [-0.2, -0.15) is 0 Å². The lowest BCUT2D eigenvalue weighted by Gasteiger charge is -2.01. The fraction of sp³-hybridized carbons (Fsp3) is 0.0833. The third kappa shape index (κ3) is 2.10. The lowest BCUT2D eigenvalue weighted by atomic mass is 10.1. The number of halogens is 1. The molecular weight excluding hydrogens is 244 g/mol. The van der Waals surface area contributed by atoms with E-state index in [9.17, 15) is 4.79 Å². The molecule has 1 heterocycles. The zero-order valence-electron chi connectivity index (χ0n) is 8.57. The molecule has 0 atom stereocenters. The molecule has 0 aliphatic carbocycles. The van der Waals surface area contributed by atoms with Crippen LogP contribution < -0.4 is 4.74 Å². The van der Waals surface area contributed by atoms with Crippen LogP contribution >= 0.6 is 22.9 Å². The van der Waals surface area contributed by atoms with Crippen LogP contribution in [-0.4, -0.2) is 12.9 Å². The van der Waals surface area contributed by atoms with E-state index < -0.39 is 0 Å². The van der Waals surface area contributed by atoms with Gasteiger partial charge in [0.05, 0.1) is 7.11 Å². The molecule has 0 saturated carbocycles. The number of benzene rings is 1. The van der Waals surface area contributed by atoms with Crippen LogP contribution in [0.4, 0.5) is 0 Å². The number of thiophene rings is 1. The molecule has 2 rings (SSSR count). The predicted octanol–water partition coefficient (Wildman–Crippen LogP) is 3.64. The Bertz CT molecular complexity index is 502. The number of ketones is 1. The van der Waals surface area contributed by atoms with Crippen molar-refractivity contribution in [3.05, 3.63) is 51.2 Å². The first-order valence-corrected chi connectivity index (χ1v) is 5.90. The summed E-state index contributed by atoms with van der Waals surface area (Å²) >= 11 is 7.14. The first-order valence-electron chi connectivity index (χ1n) is 4.64. The van der Waals surface area contributed by atoms with Gasteiger partial charge in [0.15, 0.2) is 0 Å². The van der Waals surface area contributed by atoms with E-state index in [2.05, 4.69) is 0 Å². The van der Waals surface area contributed by atoms with Crippen molar-refractivity contribution in [3.63, 3.8) is 0 Å². The molecule has 0 amide bonds. The van der Waals surface area contributed by atoms with E-state index in [1.807, 2.05) is 5.38 Å². The minimum atomic E-state index is -0.0384. The Morgan fingerprint density at radius 1 is 1.25 bits per heavy atom. The second-order valence-electron chi connectivity index (χ2n) is 3.15. The van der Waals surface area contributed by atoms with E-state index in [-0.39, 0.29) is 5.78 Å². The first-order chi connectivity index (χ1) is 7.72. The molecule has 0 saturated heterocycles. The van der Waals surface area contributed by atoms with Crippen molar-refractivity contribution >= 4 is 28.7 Å². The van der Waals surface area contributed by atoms with Gasteiger partial charge in [0, 0.05) is 10.6 Å². The molecular formula is C12H9ClO2S. The number of hydrogen-bond donors (Lipinski definition) is 0. The van der Waals surface area contributed by atoms with Gasteiger partial charge in [0.25, 0.3) is 0 Å². The van der Waals surface area contributed by atoms with E-state index in [0.29, 0.717) is 21.2 Å². The molecule has 0 radical (unpaired) electrons. The van der Waals surface area contributed by atoms with Gasteiger partial charge in [-0.1, -0.05) is 11.6 Å². The van der Waals surface area contributed by atoms with Crippen LogP contribution in [0.5, 0.6) is 5.75 Å². The summed E-state index contributed by atoms with van der Waals surface area (Å²) in [4.78, 5) is 12.7. The molecule has 0 aliphatic rings. The van der Waals surface area contributed by atoms with E-state index >= 15 is 0 Å². The lowest BCUT2D eigenvalue weighted by molar-refractivity contribution is 0.104. The monoisotopic (exact) mass is 252 g/mol. The highest BCUT2D eigenvalue weighted by Crippen LogP contribution is 2.27. The number of carbonyl (C=O) groups is 1. The molecule has 82 valence electrons. The summed E-state index contributed by atoms with van der Waals surface area (Å²) in [7, 11) is 1.56. The molecule has 0 unspecified atom stereocenters. The molecule has 0 N–H and O–H groups in total. The van der Waals surface area contributed by atoms with Crippen LogP contribution in [0.2, 0.25) is 5.02 Å². The van der Waals surface area contributed by atoms with Gasteiger partial charge in [0.2, 0.25) is 5.78 Å². The van der Waals surface area contributed by atoms with Gasteiger partial charge < -0.3 is 4.74 Å². The topological polar surface area (TPSA) is 26.3 Å².